The number of benzene rings is 2. The Morgan fingerprint density at radius 3 is 2.44 bits per heavy atom. The summed E-state index contributed by atoms with van der Waals surface area (Å²) >= 11 is 0. The number of hydrogen-bond acceptors (Lipinski definition) is 5. The predicted octanol–water partition coefficient (Wildman–Crippen LogP) is 4.44. The van der Waals surface area contributed by atoms with E-state index in [1.807, 2.05) is 0 Å². The zero-order valence-corrected chi connectivity index (χ0v) is 18.7. The Balaban J connectivity index is 0.00000361. The molecule has 0 spiro atoms. The smallest absolute Gasteiger partial charge is 0.270 e. The Kier molecular flexibility index (Phi) is 8.55. The summed E-state index contributed by atoms with van der Waals surface area (Å²) in [6, 6.07) is 12.1. The fourth-order valence-corrected chi connectivity index (χ4v) is 3.44. The van der Waals surface area contributed by atoms with Crippen molar-refractivity contribution in [3.8, 4) is 11.5 Å². The molecule has 2 aromatic heterocycles. The topological polar surface area (TPSA) is 85.1 Å². The quantitative estimate of drug-likeness (QED) is 0.354. The minimum absolute atomic E-state index is 0. The molecule has 0 bridgehead atoms. The van der Waals surface area contributed by atoms with Gasteiger partial charge in [0.05, 0.1) is 11.3 Å². The van der Waals surface area contributed by atoms with Gasteiger partial charge in [-0.15, -0.1) is 0 Å². The van der Waals surface area contributed by atoms with Crippen LogP contribution in [0.25, 0.3) is 5.65 Å². The van der Waals surface area contributed by atoms with Gasteiger partial charge in [-0.1, -0.05) is 13.5 Å². The van der Waals surface area contributed by atoms with E-state index in [0.717, 1.165) is 12.1 Å². The van der Waals surface area contributed by atoms with Gasteiger partial charge in [-0.25, -0.2) is 18.2 Å². The van der Waals surface area contributed by atoms with Crippen molar-refractivity contribution >= 4 is 11.6 Å². The van der Waals surface area contributed by atoms with E-state index in [4.69, 9.17) is 9.47 Å². The second-order valence-corrected chi connectivity index (χ2v) is 7.73. The lowest BCUT2D eigenvalue weighted by molar-refractivity contribution is 0.0838. The monoisotopic (exact) mass is 501 g/mol. The van der Waals surface area contributed by atoms with Gasteiger partial charge in [0.15, 0.2) is 11.4 Å². The van der Waals surface area contributed by atoms with Crippen LogP contribution in [0.15, 0.2) is 60.8 Å². The highest BCUT2D eigenvalue weighted by molar-refractivity contribution is 5.95. The number of nitrogens with one attached hydrogen (secondary N) is 1. The highest BCUT2D eigenvalue weighted by Crippen LogP contribution is 2.24. The van der Waals surface area contributed by atoms with Crippen LogP contribution in [-0.2, 0) is 6.61 Å². The zero-order chi connectivity index (χ0) is 24.9. The van der Waals surface area contributed by atoms with Crippen molar-refractivity contribution in [1.29, 1.82) is 0 Å². The molecule has 1 amide bonds. The third-order valence-electron chi connectivity index (χ3n) is 5.19. The molecule has 0 aliphatic rings. The first-order valence-corrected chi connectivity index (χ1v) is 10.7. The van der Waals surface area contributed by atoms with E-state index in [9.17, 15) is 23.1 Å². The molecule has 2 aromatic carbocycles. The van der Waals surface area contributed by atoms with Crippen molar-refractivity contribution in [2.75, 3.05) is 13.2 Å². The third-order valence-corrected chi connectivity index (χ3v) is 5.19. The number of ether oxygens (including phenoxy) is 2. The lowest BCUT2D eigenvalue weighted by Crippen LogP contribution is -2.36. The zero-order valence-electron chi connectivity index (χ0n) is 18.7. The van der Waals surface area contributed by atoms with Crippen molar-refractivity contribution < 1.29 is 32.5 Å². The number of carbonyl (C=O) groups excluding carboxylic acids is 1. The summed E-state index contributed by atoms with van der Waals surface area (Å²) < 4.78 is 53.3. The first kappa shape index (κ1) is 26.6. The average molecular weight is 502 g/mol. The molecule has 0 aliphatic carbocycles. The van der Waals surface area contributed by atoms with Gasteiger partial charge in [-0.2, -0.15) is 0 Å². The number of pyridine rings is 1. The molecule has 0 aliphatic heterocycles. The summed E-state index contributed by atoms with van der Waals surface area (Å²) in [6.45, 7) is 1.07. The molecule has 7 nitrogen and oxygen atoms in total. The Bertz CT molecular complexity index is 1320. The lowest BCUT2D eigenvalue weighted by atomic mass is 10.2. The van der Waals surface area contributed by atoms with Crippen molar-refractivity contribution in [2.45, 2.75) is 27.1 Å². The molecule has 2 N–H and O–H groups in total. The van der Waals surface area contributed by atoms with E-state index in [0.29, 0.717) is 17.1 Å². The van der Waals surface area contributed by atoms with Gasteiger partial charge in [-0.05, 0) is 55.5 Å². The summed E-state index contributed by atoms with van der Waals surface area (Å²) in [5.74, 6) is -1.71. The van der Waals surface area contributed by atoms with E-state index >= 15 is 0 Å². The normalized spacial score (nSPS) is 11.6. The number of imidazole rings is 1. The van der Waals surface area contributed by atoms with Crippen molar-refractivity contribution in [3.05, 3.63) is 95.2 Å². The number of amides is 1. The summed E-state index contributed by atoms with van der Waals surface area (Å²) in [5.41, 5.74) is 0.696. The molecule has 190 valence electrons. The first-order valence-electron chi connectivity index (χ1n) is 10.7. The maximum atomic E-state index is 13.9. The standard InChI is InChI=1S/C25H22F3N3O4.CH4/c1-15-23(25(33)29-12-17(32)13-34-18-9-7-16(26)8-10-18)31-11-3-6-22(24(31)30-15)35-14-19-20(27)4-2-5-21(19)28;/h2-11,17,32H,12-14H2,1H3,(H,29,33);1H4. The highest BCUT2D eigenvalue weighted by atomic mass is 19.1. The predicted molar refractivity (Wildman–Crippen MR) is 128 cm³/mol. The summed E-state index contributed by atoms with van der Waals surface area (Å²) in [5, 5.41) is 12.8. The minimum atomic E-state index is -1.02. The third kappa shape index (κ3) is 5.95. The van der Waals surface area contributed by atoms with Crippen LogP contribution in [0.5, 0.6) is 11.5 Å². The molecule has 10 heteroatoms. The number of aliphatic hydroxyl groups is 1. The maximum absolute atomic E-state index is 13.9. The lowest BCUT2D eigenvalue weighted by Gasteiger charge is -2.13. The molecule has 36 heavy (non-hydrogen) atoms. The maximum Gasteiger partial charge on any atom is 0.270 e. The van der Waals surface area contributed by atoms with Crippen LogP contribution in [0, 0.1) is 24.4 Å². The molecular weight excluding hydrogens is 475 g/mol. The first-order chi connectivity index (χ1) is 16.8. The van der Waals surface area contributed by atoms with Gasteiger partial charge in [0.2, 0.25) is 0 Å². The van der Waals surface area contributed by atoms with E-state index in [2.05, 4.69) is 10.3 Å². The second kappa shape index (κ2) is 11.6. The number of rotatable bonds is 9. The summed E-state index contributed by atoms with van der Waals surface area (Å²) in [7, 11) is 0. The van der Waals surface area contributed by atoms with Crippen molar-refractivity contribution in [2.24, 2.45) is 0 Å². The van der Waals surface area contributed by atoms with E-state index in [-0.39, 0.29) is 44.2 Å². The number of aromatic nitrogens is 2. The second-order valence-electron chi connectivity index (χ2n) is 7.73. The number of carbonyl (C=O) groups is 1. The summed E-state index contributed by atoms with van der Waals surface area (Å²) in [6.07, 6.45) is 0.590. The molecule has 2 heterocycles. The van der Waals surface area contributed by atoms with Crippen LogP contribution in [0.3, 0.4) is 0 Å². The van der Waals surface area contributed by atoms with E-state index in [1.54, 1.807) is 25.3 Å². The van der Waals surface area contributed by atoms with Crippen molar-refractivity contribution in [1.82, 2.24) is 14.7 Å². The number of fused-ring (bicyclic) bond motifs is 1. The Morgan fingerprint density at radius 2 is 1.75 bits per heavy atom. The van der Waals surface area contributed by atoms with Crippen LogP contribution in [0.2, 0.25) is 0 Å². The molecule has 0 saturated carbocycles. The SMILES string of the molecule is C.Cc1nc2c(OCc3c(F)cccc3F)cccn2c1C(=O)NCC(O)COc1ccc(F)cc1. The number of halogens is 3. The molecule has 4 rings (SSSR count). The summed E-state index contributed by atoms with van der Waals surface area (Å²) in [4.78, 5) is 17.2. The fourth-order valence-electron chi connectivity index (χ4n) is 3.44. The van der Waals surface area contributed by atoms with Crippen molar-refractivity contribution in [3.63, 3.8) is 0 Å². The Morgan fingerprint density at radius 1 is 1.06 bits per heavy atom. The molecule has 1 unspecified atom stereocenters. The molecular formula is C26H26F3N3O4. The number of hydrogen-bond donors (Lipinski definition) is 2. The van der Waals surface area contributed by atoms with Gasteiger partial charge in [0.1, 0.15) is 48.2 Å². The van der Waals surface area contributed by atoms with E-state index in [1.165, 1.54) is 34.7 Å². The van der Waals surface area contributed by atoms with Gasteiger partial charge in [0, 0.05) is 12.7 Å². The largest absolute Gasteiger partial charge is 0.491 e. The molecule has 0 saturated heterocycles. The molecule has 0 fully saturated rings. The van der Waals surface area contributed by atoms with Gasteiger partial charge in [-0.3, -0.25) is 9.20 Å². The molecule has 0 radical (unpaired) electrons. The molecule has 1 atom stereocenters. The highest BCUT2D eigenvalue weighted by Gasteiger charge is 2.20. The number of aryl methyl sites for hydroxylation is 1. The average Bonchev–Trinajstić information content (AvgIpc) is 3.18. The Labute approximate surface area is 206 Å². The van der Waals surface area contributed by atoms with Crippen LogP contribution < -0.4 is 14.8 Å². The van der Waals surface area contributed by atoms with Crippen LogP contribution in [0.4, 0.5) is 13.2 Å². The number of aliphatic hydroxyl groups excluding tert-OH is 1. The van der Waals surface area contributed by atoms with E-state index < -0.39 is 29.5 Å². The van der Waals surface area contributed by atoms with Gasteiger partial charge < -0.3 is 19.9 Å². The minimum Gasteiger partial charge on any atom is -0.491 e. The van der Waals surface area contributed by atoms with Crippen LogP contribution in [0.1, 0.15) is 29.2 Å². The van der Waals surface area contributed by atoms with Gasteiger partial charge in [0.25, 0.3) is 5.91 Å². The molecule has 4 aromatic rings. The van der Waals surface area contributed by atoms with Gasteiger partial charge >= 0.3 is 0 Å². The van der Waals surface area contributed by atoms with Crippen LogP contribution in [-0.4, -0.2) is 39.7 Å². The fraction of sp³-hybridized carbons (Fsp3) is 0.231. The van der Waals surface area contributed by atoms with Crippen LogP contribution >= 0.6 is 0 Å². The number of nitrogens with zero attached hydrogens (tertiary/aromatic N) is 2. The Hall–Kier alpha value is -4.05.